The van der Waals surface area contributed by atoms with Gasteiger partial charge in [0.25, 0.3) is 5.91 Å². The Hall–Kier alpha value is -5.24. The zero-order chi connectivity index (χ0) is 42.5. The number of aromatic nitrogens is 1. The van der Waals surface area contributed by atoms with Crippen molar-refractivity contribution in [2.75, 3.05) is 13.2 Å². The van der Waals surface area contributed by atoms with Gasteiger partial charge in [-0.05, 0) is 72.8 Å². The van der Waals surface area contributed by atoms with Gasteiger partial charge in [0.2, 0.25) is 21.8 Å². The van der Waals surface area contributed by atoms with Crippen molar-refractivity contribution in [2.45, 2.75) is 102 Å². The van der Waals surface area contributed by atoms with Crippen LogP contribution in [0, 0.1) is 22.7 Å². The van der Waals surface area contributed by atoms with Crippen LogP contribution < -0.4 is 10.0 Å². The number of fused-ring (bicyclic) bond motifs is 3. The number of rotatable bonds is 7. The summed E-state index contributed by atoms with van der Waals surface area (Å²) in [4.78, 5) is 72.0. The highest BCUT2D eigenvalue weighted by molar-refractivity contribution is 7.91. The summed E-state index contributed by atoms with van der Waals surface area (Å²) in [7, 11) is -3.94. The summed E-state index contributed by atoms with van der Waals surface area (Å²) in [5, 5.41) is 2.95. The molecule has 3 heterocycles. The van der Waals surface area contributed by atoms with E-state index in [1.54, 1.807) is 6.07 Å². The second-order valence-corrected chi connectivity index (χ2v) is 20.3. The number of carbonyl (C=O) groups is 5. The molecule has 59 heavy (non-hydrogen) atoms. The molecule has 1 saturated heterocycles. The van der Waals surface area contributed by atoms with E-state index >= 15 is 0 Å². The van der Waals surface area contributed by atoms with E-state index in [0.29, 0.717) is 25.7 Å². The van der Waals surface area contributed by atoms with Crippen molar-refractivity contribution < 1.29 is 41.9 Å². The van der Waals surface area contributed by atoms with Crippen molar-refractivity contribution in [3.05, 3.63) is 84.6 Å². The Morgan fingerprint density at radius 3 is 2.41 bits per heavy atom. The first-order chi connectivity index (χ1) is 27.8. The lowest BCUT2D eigenvalue weighted by atomic mass is 9.77. The summed E-state index contributed by atoms with van der Waals surface area (Å²) >= 11 is 0. The van der Waals surface area contributed by atoms with Crippen LogP contribution in [0.3, 0.4) is 0 Å². The van der Waals surface area contributed by atoms with Gasteiger partial charge in [-0.15, -0.1) is 6.58 Å². The summed E-state index contributed by atoms with van der Waals surface area (Å²) in [5.41, 5.74) is -0.0693. The van der Waals surface area contributed by atoms with Crippen LogP contribution in [-0.2, 0) is 38.7 Å². The smallest absolute Gasteiger partial charge is 0.355 e. The Balaban J connectivity index is 1.26. The lowest BCUT2D eigenvalue weighted by Crippen LogP contribution is -2.57. The molecule has 4 bridgehead atoms. The Kier molecular flexibility index (Phi) is 11.2. The fourth-order valence-corrected chi connectivity index (χ4v) is 9.60. The van der Waals surface area contributed by atoms with Gasteiger partial charge in [-0.25, -0.2) is 13.2 Å². The van der Waals surface area contributed by atoms with E-state index in [-0.39, 0.29) is 43.5 Å². The van der Waals surface area contributed by atoms with E-state index in [4.69, 9.17) is 9.47 Å². The number of ether oxygens (including phenoxy) is 2. The molecular weight excluding hydrogens is 773 g/mol. The lowest BCUT2D eigenvalue weighted by molar-refractivity contribution is -0.155. The molecule has 3 fully saturated rings. The number of hydrogen-bond donors (Lipinski definition) is 2. The first-order valence-electron chi connectivity index (χ1n) is 20.4. The summed E-state index contributed by atoms with van der Waals surface area (Å²) in [5.74, 6) is -4.81. The number of carbonyl (C=O) groups excluding carboxylic acids is 5. The highest BCUT2D eigenvalue weighted by Crippen LogP contribution is 2.46. The van der Waals surface area contributed by atoms with Gasteiger partial charge in [0, 0.05) is 23.4 Å². The molecule has 4 aliphatic rings. The average Bonchev–Trinajstić information content (AvgIpc) is 4.08. The Morgan fingerprint density at radius 2 is 1.75 bits per heavy atom. The van der Waals surface area contributed by atoms with Crippen molar-refractivity contribution in [1.82, 2.24) is 19.5 Å². The van der Waals surface area contributed by atoms with Crippen molar-refractivity contribution in [1.29, 1.82) is 0 Å². The minimum Gasteiger partial charge on any atom is -0.465 e. The van der Waals surface area contributed by atoms with Crippen molar-refractivity contribution in [3.63, 3.8) is 0 Å². The molecule has 14 heteroatoms. The topological polar surface area (TPSA) is 170 Å². The summed E-state index contributed by atoms with van der Waals surface area (Å²) in [6, 6.07) is 15.8. The number of nitrogens with zero attached hydrogens (tertiary/aromatic N) is 2. The predicted octanol–water partition coefficient (Wildman–Crippen LogP) is 5.85. The standard InChI is InChI=1S/C45H54N4O9S/c1-7-29-25-45(29,42(54)47-59(55,56)32-19-20-32)46-39(51)36-22-31-26-48(36)40(52)34(43(2,3)4)24-38(50)57-27-44(5,6)21-12-11-14-28-15-13-18-35-33(28)23-37(41(53)58-31)49(35)30-16-9-8-10-17-30/h7-11,13-18,23,29,31-32,34,36H,1,12,19-22,24-27H2,2-6H3,(H,46,51)(H,47,54)/b14-11+/t29-,31-,34-,36+,45-/m1/s1. The molecule has 13 nitrogen and oxygen atoms in total. The predicted molar refractivity (Wildman–Crippen MR) is 222 cm³/mol. The summed E-state index contributed by atoms with van der Waals surface area (Å²) < 4.78 is 41.6. The van der Waals surface area contributed by atoms with Gasteiger partial charge in [-0.3, -0.25) is 23.9 Å². The van der Waals surface area contributed by atoms with Crippen LogP contribution >= 0.6 is 0 Å². The van der Waals surface area contributed by atoms with Crippen molar-refractivity contribution >= 4 is 56.7 Å². The number of amides is 3. The van der Waals surface area contributed by atoms with Crippen molar-refractivity contribution in [2.24, 2.45) is 22.7 Å². The van der Waals surface area contributed by atoms with E-state index < -0.39 is 79.9 Å². The lowest BCUT2D eigenvalue weighted by Gasteiger charge is -2.35. The van der Waals surface area contributed by atoms with Crippen LogP contribution in [0.15, 0.2) is 73.3 Å². The second kappa shape index (κ2) is 15.7. The highest BCUT2D eigenvalue weighted by atomic mass is 32.2. The molecule has 2 aromatic carbocycles. The molecule has 0 spiro atoms. The molecule has 0 radical (unpaired) electrons. The van der Waals surface area contributed by atoms with Gasteiger partial charge in [0.1, 0.15) is 23.4 Å². The zero-order valence-corrected chi connectivity index (χ0v) is 35.2. The molecular formula is C45H54N4O9S. The Labute approximate surface area is 345 Å². The van der Waals surface area contributed by atoms with Gasteiger partial charge in [-0.1, -0.05) is 83.2 Å². The molecule has 314 valence electrons. The number of benzene rings is 2. The molecule has 3 aromatic rings. The molecule has 2 aliphatic heterocycles. The number of para-hydroxylation sites is 1. The van der Waals surface area contributed by atoms with Crippen LogP contribution in [0.2, 0.25) is 0 Å². The molecule has 7 rings (SSSR count). The first kappa shape index (κ1) is 41.9. The van der Waals surface area contributed by atoms with E-state index in [0.717, 1.165) is 22.2 Å². The number of nitrogens with one attached hydrogen (secondary N) is 2. The van der Waals surface area contributed by atoms with Gasteiger partial charge in [0.05, 0.1) is 36.3 Å². The van der Waals surface area contributed by atoms with E-state index in [1.807, 2.05) is 93.8 Å². The number of cyclic esters (lactones) is 1. The maximum atomic E-state index is 14.8. The summed E-state index contributed by atoms with van der Waals surface area (Å²) in [6.07, 6.45) is 6.65. The number of esters is 2. The SMILES string of the molecule is C=C[C@@H]1C[C@]1(NC(=O)[C@@H]1C[C@@H]2CN1C(=O)[C@H](C(C)(C)C)CC(=O)OCC(C)(C)CC/C=C/c1cccc3c1cc(n3-c1ccccc1)C(=O)O2)C(=O)NS(=O)(=O)C1CC1. The van der Waals surface area contributed by atoms with Gasteiger partial charge in [-0.2, -0.15) is 0 Å². The second-order valence-electron chi connectivity index (χ2n) is 18.3. The molecule has 3 amide bonds. The van der Waals surface area contributed by atoms with Gasteiger partial charge >= 0.3 is 11.9 Å². The van der Waals surface area contributed by atoms with Crippen LogP contribution in [0.1, 0.15) is 95.6 Å². The maximum Gasteiger partial charge on any atom is 0.355 e. The monoisotopic (exact) mass is 826 g/mol. The van der Waals surface area contributed by atoms with Crippen LogP contribution in [0.4, 0.5) is 0 Å². The van der Waals surface area contributed by atoms with E-state index in [9.17, 15) is 32.4 Å². The minimum atomic E-state index is -3.94. The number of allylic oxidation sites excluding steroid dienone is 1. The largest absolute Gasteiger partial charge is 0.465 e. The number of sulfonamides is 1. The Morgan fingerprint density at radius 1 is 1.02 bits per heavy atom. The molecule has 5 atom stereocenters. The maximum absolute atomic E-state index is 14.8. The molecule has 1 aromatic heterocycles. The minimum absolute atomic E-state index is 0.112. The van der Waals surface area contributed by atoms with Crippen LogP contribution in [0.25, 0.3) is 22.7 Å². The van der Waals surface area contributed by atoms with E-state index in [2.05, 4.69) is 22.7 Å². The quantitative estimate of drug-likeness (QED) is 0.219. The molecule has 2 aliphatic carbocycles. The van der Waals surface area contributed by atoms with Gasteiger partial charge in [0.15, 0.2) is 0 Å². The fraction of sp³-hybridized carbons (Fsp3) is 0.489. The van der Waals surface area contributed by atoms with Crippen LogP contribution in [0.5, 0.6) is 0 Å². The van der Waals surface area contributed by atoms with Crippen LogP contribution in [-0.4, -0.2) is 83.6 Å². The third-order valence-electron chi connectivity index (χ3n) is 12.1. The molecule has 0 unspecified atom stereocenters. The molecule has 2 N–H and O–H groups in total. The normalized spacial score (nSPS) is 27.1. The van der Waals surface area contributed by atoms with Crippen molar-refractivity contribution in [3.8, 4) is 5.69 Å². The third-order valence-corrected chi connectivity index (χ3v) is 13.9. The molecule has 2 saturated carbocycles. The zero-order valence-electron chi connectivity index (χ0n) is 34.4. The van der Waals surface area contributed by atoms with Gasteiger partial charge < -0.3 is 24.3 Å². The summed E-state index contributed by atoms with van der Waals surface area (Å²) in [6.45, 7) is 13.3. The number of hydrogen-bond acceptors (Lipinski definition) is 9. The Bertz CT molecular complexity index is 2320. The third kappa shape index (κ3) is 8.73. The average molecular weight is 827 g/mol. The van der Waals surface area contributed by atoms with E-state index in [1.165, 1.54) is 11.0 Å². The first-order valence-corrected chi connectivity index (χ1v) is 21.9. The fourth-order valence-electron chi connectivity index (χ4n) is 8.23. The highest BCUT2D eigenvalue weighted by Gasteiger charge is 2.62.